The van der Waals surface area contributed by atoms with E-state index < -0.39 is 0 Å². The summed E-state index contributed by atoms with van der Waals surface area (Å²) in [7, 11) is 1.48. The maximum Gasteiger partial charge on any atom is 0.230 e. The van der Waals surface area contributed by atoms with E-state index in [-0.39, 0.29) is 5.82 Å². The number of ether oxygens (including phenoxy) is 1. The van der Waals surface area contributed by atoms with E-state index in [1.54, 1.807) is 17.8 Å². The average molecular weight is 370 g/mol. The minimum absolute atomic E-state index is 0.375. The number of rotatable bonds is 6. The van der Waals surface area contributed by atoms with Gasteiger partial charge in [-0.3, -0.25) is 0 Å². The first-order chi connectivity index (χ1) is 12.6. The number of anilines is 2. The van der Waals surface area contributed by atoms with Gasteiger partial charge in [0.15, 0.2) is 5.82 Å². The molecule has 7 heteroatoms. The SMILES string of the molecule is COc1cc(F)ccc1-c1ncnc(Nc2cc(C)cc(CSC)c2)n1. The van der Waals surface area contributed by atoms with Crippen molar-refractivity contribution in [2.24, 2.45) is 0 Å². The van der Waals surface area contributed by atoms with E-state index in [0.717, 1.165) is 17.0 Å². The summed E-state index contributed by atoms with van der Waals surface area (Å²) < 4.78 is 18.6. The smallest absolute Gasteiger partial charge is 0.230 e. The molecule has 0 aliphatic heterocycles. The topological polar surface area (TPSA) is 59.9 Å². The zero-order valence-corrected chi connectivity index (χ0v) is 15.6. The molecule has 0 bridgehead atoms. The molecule has 3 aromatic rings. The van der Waals surface area contributed by atoms with Crippen molar-refractivity contribution in [3.8, 4) is 17.1 Å². The Balaban J connectivity index is 1.91. The fourth-order valence-electron chi connectivity index (χ4n) is 2.65. The molecule has 26 heavy (non-hydrogen) atoms. The highest BCUT2D eigenvalue weighted by molar-refractivity contribution is 7.97. The molecule has 1 N–H and O–H groups in total. The largest absolute Gasteiger partial charge is 0.496 e. The lowest BCUT2D eigenvalue weighted by molar-refractivity contribution is 0.412. The molecular weight excluding hydrogens is 351 g/mol. The van der Waals surface area contributed by atoms with Crippen molar-refractivity contribution in [2.45, 2.75) is 12.7 Å². The van der Waals surface area contributed by atoms with Crippen LogP contribution in [0.1, 0.15) is 11.1 Å². The van der Waals surface area contributed by atoms with E-state index in [0.29, 0.717) is 23.1 Å². The maximum atomic E-state index is 13.4. The first kappa shape index (κ1) is 18.1. The second-order valence-electron chi connectivity index (χ2n) is 5.74. The molecule has 1 heterocycles. The molecule has 0 atom stereocenters. The van der Waals surface area contributed by atoms with Crippen LogP contribution < -0.4 is 10.1 Å². The van der Waals surface area contributed by atoms with Crippen molar-refractivity contribution in [1.82, 2.24) is 15.0 Å². The quantitative estimate of drug-likeness (QED) is 0.684. The van der Waals surface area contributed by atoms with Crippen LogP contribution in [0.3, 0.4) is 0 Å². The van der Waals surface area contributed by atoms with Crippen LogP contribution in [0.15, 0.2) is 42.7 Å². The summed E-state index contributed by atoms with van der Waals surface area (Å²) in [6, 6.07) is 10.5. The second kappa shape index (κ2) is 8.14. The van der Waals surface area contributed by atoms with Crippen LogP contribution in [0.5, 0.6) is 5.75 Å². The Hall–Kier alpha value is -2.67. The molecule has 0 aliphatic carbocycles. The normalized spacial score (nSPS) is 10.6. The summed E-state index contributed by atoms with van der Waals surface area (Å²) in [6.45, 7) is 2.05. The number of nitrogens with zero attached hydrogens (tertiary/aromatic N) is 3. The number of hydrogen-bond donors (Lipinski definition) is 1. The number of thioether (sulfide) groups is 1. The summed E-state index contributed by atoms with van der Waals surface area (Å²) in [5.74, 6) is 1.77. The van der Waals surface area contributed by atoms with Crippen LogP contribution in [0, 0.1) is 12.7 Å². The van der Waals surface area contributed by atoms with E-state index >= 15 is 0 Å². The fraction of sp³-hybridized carbons (Fsp3) is 0.211. The van der Waals surface area contributed by atoms with Crippen LogP contribution in [-0.2, 0) is 5.75 Å². The van der Waals surface area contributed by atoms with Crippen LogP contribution in [0.4, 0.5) is 16.0 Å². The summed E-state index contributed by atoms with van der Waals surface area (Å²) in [6.07, 6.45) is 3.50. The first-order valence-corrected chi connectivity index (χ1v) is 9.38. The molecule has 0 saturated heterocycles. The Labute approximate surface area is 156 Å². The molecule has 0 spiro atoms. The minimum Gasteiger partial charge on any atom is -0.496 e. The van der Waals surface area contributed by atoms with Gasteiger partial charge in [-0.1, -0.05) is 6.07 Å². The van der Waals surface area contributed by atoms with Gasteiger partial charge in [0.25, 0.3) is 0 Å². The van der Waals surface area contributed by atoms with E-state index in [9.17, 15) is 4.39 Å². The number of aromatic nitrogens is 3. The molecule has 0 amide bonds. The van der Waals surface area contributed by atoms with Gasteiger partial charge in [0.1, 0.15) is 17.9 Å². The predicted molar refractivity (Wildman–Crippen MR) is 103 cm³/mol. The van der Waals surface area contributed by atoms with Crippen LogP contribution in [0.2, 0.25) is 0 Å². The summed E-state index contributed by atoms with van der Waals surface area (Å²) in [4.78, 5) is 12.8. The first-order valence-electron chi connectivity index (χ1n) is 7.98. The Kier molecular flexibility index (Phi) is 5.68. The van der Waals surface area contributed by atoms with Gasteiger partial charge < -0.3 is 10.1 Å². The van der Waals surface area contributed by atoms with E-state index in [2.05, 4.69) is 45.6 Å². The van der Waals surface area contributed by atoms with Crippen molar-refractivity contribution >= 4 is 23.4 Å². The molecular formula is C19H19FN4OS. The molecule has 5 nitrogen and oxygen atoms in total. The van der Waals surface area contributed by atoms with Crippen molar-refractivity contribution < 1.29 is 9.13 Å². The summed E-state index contributed by atoms with van der Waals surface area (Å²) >= 11 is 1.77. The van der Waals surface area contributed by atoms with Crippen molar-refractivity contribution in [2.75, 3.05) is 18.7 Å². The third-order valence-corrected chi connectivity index (χ3v) is 4.30. The van der Waals surface area contributed by atoms with Crippen LogP contribution >= 0.6 is 11.8 Å². The molecule has 0 unspecified atom stereocenters. The third kappa shape index (κ3) is 4.29. The van der Waals surface area contributed by atoms with Gasteiger partial charge in [-0.25, -0.2) is 14.4 Å². The number of hydrogen-bond acceptors (Lipinski definition) is 6. The standard InChI is InChI=1S/C19H19FN4OS/c1-12-6-13(10-26-3)8-15(7-12)23-19-22-11-21-18(24-19)16-5-4-14(20)9-17(16)25-2/h4-9,11H,10H2,1-3H3,(H,21,22,23,24). The highest BCUT2D eigenvalue weighted by Gasteiger charge is 2.11. The Morgan fingerprint density at radius 2 is 2.00 bits per heavy atom. The van der Waals surface area contributed by atoms with Gasteiger partial charge in [0, 0.05) is 17.5 Å². The van der Waals surface area contributed by atoms with Gasteiger partial charge in [-0.05, 0) is 48.6 Å². The molecule has 0 radical (unpaired) electrons. The van der Waals surface area contributed by atoms with Gasteiger partial charge in [0.05, 0.1) is 12.7 Å². The van der Waals surface area contributed by atoms with Crippen molar-refractivity contribution in [3.05, 3.63) is 59.7 Å². The van der Waals surface area contributed by atoms with Crippen molar-refractivity contribution in [3.63, 3.8) is 0 Å². The Morgan fingerprint density at radius 3 is 2.77 bits per heavy atom. The zero-order valence-electron chi connectivity index (χ0n) is 14.8. The highest BCUT2D eigenvalue weighted by atomic mass is 32.2. The van der Waals surface area contributed by atoms with E-state index in [1.165, 1.54) is 31.1 Å². The van der Waals surface area contributed by atoms with E-state index in [4.69, 9.17) is 4.74 Å². The van der Waals surface area contributed by atoms with Gasteiger partial charge in [-0.2, -0.15) is 16.7 Å². The summed E-state index contributed by atoms with van der Waals surface area (Å²) in [5.41, 5.74) is 3.91. The van der Waals surface area contributed by atoms with Crippen LogP contribution in [-0.4, -0.2) is 28.3 Å². The van der Waals surface area contributed by atoms with Crippen LogP contribution in [0.25, 0.3) is 11.4 Å². The molecule has 3 rings (SSSR count). The number of benzene rings is 2. The fourth-order valence-corrected chi connectivity index (χ4v) is 3.15. The van der Waals surface area contributed by atoms with Gasteiger partial charge >= 0.3 is 0 Å². The lowest BCUT2D eigenvalue weighted by Crippen LogP contribution is -2.01. The van der Waals surface area contributed by atoms with Crippen molar-refractivity contribution in [1.29, 1.82) is 0 Å². The Bertz CT molecular complexity index is 920. The average Bonchev–Trinajstić information content (AvgIpc) is 2.61. The molecule has 1 aromatic heterocycles. The Morgan fingerprint density at radius 1 is 1.15 bits per heavy atom. The second-order valence-corrected chi connectivity index (χ2v) is 6.61. The van der Waals surface area contributed by atoms with Gasteiger partial charge in [0.2, 0.25) is 5.95 Å². The number of halogens is 1. The minimum atomic E-state index is -0.376. The molecule has 2 aromatic carbocycles. The molecule has 0 saturated carbocycles. The summed E-state index contributed by atoms with van der Waals surface area (Å²) in [5, 5.41) is 3.22. The number of aryl methyl sites for hydroxylation is 1. The van der Waals surface area contributed by atoms with Gasteiger partial charge in [-0.15, -0.1) is 0 Å². The molecule has 0 fully saturated rings. The number of methoxy groups -OCH3 is 1. The monoisotopic (exact) mass is 370 g/mol. The zero-order chi connectivity index (χ0) is 18.5. The highest BCUT2D eigenvalue weighted by Crippen LogP contribution is 2.28. The molecule has 134 valence electrons. The predicted octanol–water partition coefficient (Wildman–Crippen LogP) is 4.60. The number of nitrogens with one attached hydrogen (secondary N) is 1. The lowest BCUT2D eigenvalue weighted by Gasteiger charge is -2.10. The maximum absolute atomic E-state index is 13.4. The lowest BCUT2D eigenvalue weighted by atomic mass is 10.1. The third-order valence-electron chi connectivity index (χ3n) is 3.68. The molecule has 0 aliphatic rings. The van der Waals surface area contributed by atoms with E-state index in [1.807, 2.05) is 6.07 Å².